The second-order valence-corrected chi connectivity index (χ2v) is 10.5. The molecule has 0 aliphatic heterocycles. The molecule has 0 fully saturated rings. The summed E-state index contributed by atoms with van der Waals surface area (Å²) < 4.78 is 53.4. The highest BCUT2D eigenvalue weighted by atomic mass is 35.5. The number of ether oxygens (including phenoxy) is 2. The number of carbonyl (C=O) groups is 2. The van der Waals surface area contributed by atoms with E-state index in [9.17, 15) is 27.8 Å². The average molecular weight is 682 g/mol. The van der Waals surface area contributed by atoms with Gasteiger partial charge in [-0.25, -0.2) is 0 Å². The molecule has 244 valence electrons. The minimum atomic E-state index is -5.15. The number of hydrogen-bond acceptors (Lipinski definition) is 7. The molecule has 2 aromatic carbocycles. The fraction of sp³-hybridized carbons (Fsp3) is 0.296. The summed E-state index contributed by atoms with van der Waals surface area (Å²) in [6.07, 6.45) is -0.850. The summed E-state index contributed by atoms with van der Waals surface area (Å²) in [7, 11) is -0.942. The highest BCUT2D eigenvalue weighted by Gasteiger charge is 2.38. The third-order valence-corrected chi connectivity index (χ3v) is 6.73. The highest BCUT2D eigenvalue weighted by Crippen LogP contribution is 2.26. The monoisotopic (exact) mass is 681 g/mol. The van der Waals surface area contributed by atoms with Crippen LogP contribution in [-0.4, -0.2) is 71.8 Å². The summed E-state index contributed by atoms with van der Waals surface area (Å²) in [6.45, 7) is 2.08. The number of aromatic nitrogens is 2. The van der Waals surface area contributed by atoms with Crippen molar-refractivity contribution in [1.82, 2.24) is 19.6 Å². The van der Waals surface area contributed by atoms with Gasteiger partial charge in [-0.3, -0.25) is 15.6 Å². The molecule has 1 aromatic heterocycles. The van der Waals surface area contributed by atoms with Gasteiger partial charge in [-0.2, -0.15) is 18.2 Å². The summed E-state index contributed by atoms with van der Waals surface area (Å²) in [4.78, 5) is 25.6. The first-order chi connectivity index (χ1) is 21.8. The Morgan fingerprint density at radius 2 is 1.50 bits per heavy atom. The summed E-state index contributed by atoms with van der Waals surface area (Å²) in [5.41, 5.74) is 0.687. The van der Waals surface area contributed by atoms with Gasteiger partial charge in [0.25, 0.3) is 0 Å². The van der Waals surface area contributed by atoms with Crippen molar-refractivity contribution in [2.45, 2.75) is 38.9 Å². The molecule has 5 N–H and O–H groups in total. The Balaban J connectivity index is 1.61. The Bertz CT molecular complexity index is 1630. The first kappa shape index (κ1) is 36.3. The van der Waals surface area contributed by atoms with Crippen molar-refractivity contribution in [1.29, 1.82) is 10.8 Å². The number of amidine groups is 2. The smallest absolute Gasteiger partial charge is 0.473 e. The first-order valence-corrected chi connectivity index (χ1v) is 14.6. The number of amides is 1. The molecule has 0 unspecified atom stereocenters. The molecule has 1 heterocycles. The minimum absolute atomic E-state index is 0.0140. The van der Waals surface area contributed by atoms with E-state index in [1.165, 1.54) is 40.5 Å². The lowest BCUT2D eigenvalue weighted by Gasteiger charge is -2.12. The number of benzene rings is 2. The van der Waals surface area contributed by atoms with Crippen LogP contribution in [0.5, 0.6) is 11.5 Å². The number of aryl methyl sites for hydroxylation is 2. The number of hydrogen-bond donors (Lipinski definition) is 5. The van der Waals surface area contributed by atoms with Crippen LogP contribution in [-0.2, 0) is 22.7 Å². The third-order valence-electron chi connectivity index (χ3n) is 6.14. The SMILES string of the molecule is CB(O)NC(=N)c1ccc(OCCCn2ccn(CCCOc3ccc(C(=N)NBC=O)cc3Cl)/c2=N\C(=O)C(F)(F)F)c(Cl)c1. The van der Waals surface area contributed by atoms with E-state index < -0.39 is 19.1 Å². The lowest BCUT2D eigenvalue weighted by Crippen LogP contribution is -2.36. The van der Waals surface area contributed by atoms with E-state index in [2.05, 4.69) is 15.4 Å². The molecule has 0 radical (unpaired) electrons. The average Bonchev–Trinajstić information content (AvgIpc) is 3.37. The Hall–Kier alpha value is -4.21. The van der Waals surface area contributed by atoms with Gasteiger partial charge in [0, 0.05) is 36.6 Å². The minimum Gasteiger partial charge on any atom is -0.492 e. The number of carbonyl (C=O) groups excluding carboxylic acids is 2. The van der Waals surface area contributed by atoms with E-state index in [1.807, 2.05) is 0 Å². The fourth-order valence-electron chi connectivity index (χ4n) is 4.01. The molecule has 0 saturated heterocycles. The topological polar surface area (TPSA) is 167 Å². The predicted molar refractivity (Wildman–Crippen MR) is 170 cm³/mol. The van der Waals surface area contributed by atoms with Crippen molar-refractivity contribution in [3.63, 3.8) is 0 Å². The molecule has 0 spiro atoms. The molecule has 0 saturated carbocycles. The van der Waals surface area contributed by atoms with Crippen LogP contribution < -0.4 is 25.5 Å². The Kier molecular flexibility index (Phi) is 13.3. The van der Waals surface area contributed by atoms with Crippen molar-refractivity contribution in [2.75, 3.05) is 13.2 Å². The lowest BCUT2D eigenvalue weighted by atomic mass is 9.88. The van der Waals surface area contributed by atoms with Crippen LogP contribution in [0, 0.1) is 10.8 Å². The van der Waals surface area contributed by atoms with Crippen molar-refractivity contribution >= 4 is 61.4 Å². The Morgan fingerprint density at radius 1 is 1.00 bits per heavy atom. The molecule has 3 aromatic rings. The van der Waals surface area contributed by atoms with E-state index in [4.69, 9.17) is 43.5 Å². The van der Waals surface area contributed by atoms with Crippen molar-refractivity contribution in [3.8, 4) is 11.5 Å². The normalized spacial score (nSPS) is 11.5. The van der Waals surface area contributed by atoms with Crippen LogP contribution in [0.4, 0.5) is 13.2 Å². The van der Waals surface area contributed by atoms with Crippen LogP contribution in [0.1, 0.15) is 24.0 Å². The summed E-state index contributed by atoms with van der Waals surface area (Å²) in [5, 5.41) is 30.8. The quantitative estimate of drug-likeness (QED) is 0.0541. The molecule has 19 heteroatoms. The number of rotatable bonds is 15. The molecule has 3 rings (SSSR count). The largest absolute Gasteiger partial charge is 0.492 e. The van der Waals surface area contributed by atoms with E-state index in [1.54, 1.807) is 24.3 Å². The molecule has 0 aliphatic carbocycles. The molecule has 46 heavy (non-hydrogen) atoms. The zero-order valence-electron chi connectivity index (χ0n) is 24.5. The van der Waals surface area contributed by atoms with Crippen molar-refractivity contribution < 1.29 is 37.3 Å². The van der Waals surface area contributed by atoms with Gasteiger partial charge in [0.2, 0.25) is 5.62 Å². The van der Waals surface area contributed by atoms with Crippen LogP contribution in [0.25, 0.3) is 0 Å². The molecule has 0 atom stereocenters. The molecular weight excluding hydrogens is 652 g/mol. The number of imidazole rings is 1. The van der Waals surface area contributed by atoms with Gasteiger partial charge in [0.1, 0.15) is 29.4 Å². The van der Waals surface area contributed by atoms with Crippen molar-refractivity contribution in [3.05, 3.63) is 75.6 Å². The molecule has 0 aliphatic rings. The third kappa shape index (κ3) is 10.7. The number of halogens is 5. The van der Waals surface area contributed by atoms with Crippen molar-refractivity contribution in [2.24, 2.45) is 4.99 Å². The van der Waals surface area contributed by atoms with Gasteiger partial charge < -0.3 is 38.9 Å². The van der Waals surface area contributed by atoms with Crippen LogP contribution in [0.2, 0.25) is 16.9 Å². The van der Waals surface area contributed by atoms with Gasteiger partial charge in [0.05, 0.1) is 23.3 Å². The highest BCUT2D eigenvalue weighted by molar-refractivity contribution is 6.67. The number of alkyl halides is 3. The fourth-order valence-corrected chi connectivity index (χ4v) is 4.48. The standard InChI is InChI=1S/C27H30B2Cl2F3N7O5/c1-29(44)39-24(36)18-5-7-22(20(31)15-18)46-13-3-9-41-11-10-40(26(41)37-25(43)27(32,33)34)8-2-12-45-21-6-4-17(14-19(21)30)23(35)38-28-16-42/h4-7,10-11,14-16,28,44H,2-3,8-9,12-13H2,1H3,(H2,35,38)(H2,36,39)/b37-26+. The number of nitrogens with one attached hydrogen (secondary N) is 4. The van der Waals surface area contributed by atoms with Gasteiger partial charge in [0.15, 0.2) is 0 Å². The lowest BCUT2D eigenvalue weighted by molar-refractivity contribution is -0.169. The molecular formula is C27H30B2Cl2F3N7O5. The second kappa shape index (κ2) is 16.9. The molecule has 1 amide bonds. The predicted octanol–water partition coefficient (Wildman–Crippen LogP) is 3.01. The second-order valence-electron chi connectivity index (χ2n) is 9.71. The number of nitrogens with zero attached hydrogens (tertiary/aromatic N) is 3. The van der Waals surface area contributed by atoms with Crippen LogP contribution in [0.15, 0.2) is 53.8 Å². The van der Waals surface area contributed by atoms with Crippen LogP contribution in [0.3, 0.4) is 0 Å². The Morgan fingerprint density at radius 3 is 1.93 bits per heavy atom. The van der Waals surface area contributed by atoms with E-state index >= 15 is 0 Å². The maximum atomic E-state index is 13.1. The molecule has 12 nitrogen and oxygen atoms in total. The van der Waals surface area contributed by atoms with Gasteiger partial charge in [-0.15, -0.1) is 0 Å². The summed E-state index contributed by atoms with van der Waals surface area (Å²) >= 11 is 12.5. The maximum Gasteiger partial charge on any atom is 0.473 e. The zero-order valence-corrected chi connectivity index (χ0v) is 26.0. The van der Waals surface area contributed by atoms with Gasteiger partial charge in [-0.1, -0.05) is 23.2 Å². The Labute approximate surface area is 272 Å². The van der Waals surface area contributed by atoms with Gasteiger partial charge >= 0.3 is 26.5 Å². The van der Waals surface area contributed by atoms with E-state index in [0.717, 1.165) is 0 Å². The zero-order chi connectivity index (χ0) is 33.9. The first-order valence-electron chi connectivity index (χ1n) is 13.9. The van der Waals surface area contributed by atoms with E-state index in [0.29, 0.717) is 41.7 Å². The molecule has 0 bridgehead atoms. The van der Waals surface area contributed by atoms with Crippen LogP contribution >= 0.6 is 23.2 Å². The summed E-state index contributed by atoms with van der Waals surface area (Å²) in [5.74, 6) is -1.59. The van der Waals surface area contributed by atoms with Gasteiger partial charge in [-0.05, 0) is 56.1 Å². The summed E-state index contributed by atoms with van der Waals surface area (Å²) in [6, 6.07) is 9.29. The maximum absolute atomic E-state index is 13.1. The van der Waals surface area contributed by atoms with E-state index in [-0.39, 0.29) is 61.1 Å².